The summed E-state index contributed by atoms with van der Waals surface area (Å²) in [5.74, 6) is 1.47. The molecule has 7 heteroatoms. The highest BCUT2D eigenvalue weighted by Gasteiger charge is 2.11. The molecule has 2 heterocycles. The summed E-state index contributed by atoms with van der Waals surface area (Å²) in [4.78, 5) is 17.9. The van der Waals surface area contributed by atoms with E-state index in [-0.39, 0.29) is 5.91 Å². The van der Waals surface area contributed by atoms with E-state index < -0.39 is 0 Å². The molecule has 25 heavy (non-hydrogen) atoms. The molecule has 0 fully saturated rings. The van der Waals surface area contributed by atoms with Crippen molar-refractivity contribution in [1.29, 1.82) is 0 Å². The summed E-state index contributed by atoms with van der Waals surface area (Å²) in [5.41, 5.74) is 3.47. The van der Waals surface area contributed by atoms with E-state index in [0.717, 1.165) is 38.4 Å². The molecule has 3 aromatic rings. The number of carbonyl (C=O) groups excluding carboxylic acids is 1. The highest BCUT2D eigenvalue weighted by atomic mass is 32.2. The molecule has 0 aliphatic rings. The van der Waals surface area contributed by atoms with Crippen LogP contribution in [0.3, 0.4) is 0 Å². The number of carbonyl (C=O) groups is 1. The molecule has 3 rings (SSSR count). The molecule has 0 aliphatic carbocycles. The minimum atomic E-state index is -0.105. The summed E-state index contributed by atoms with van der Waals surface area (Å²) in [6.07, 6.45) is 0. The Labute approximate surface area is 154 Å². The van der Waals surface area contributed by atoms with Crippen LogP contribution in [-0.4, -0.2) is 16.0 Å². The van der Waals surface area contributed by atoms with E-state index in [9.17, 15) is 4.79 Å². The number of aromatic nitrogens is 2. The van der Waals surface area contributed by atoms with Gasteiger partial charge in [0, 0.05) is 33.7 Å². The third kappa shape index (κ3) is 4.49. The number of hydrogen-bond donors (Lipinski definition) is 1. The number of rotatable bonds is 6. The lowest BCUT2D eigenvalue weighted by Crippen LogP contribution is -2.23. The molecule has 1 amide bonds. The van der Waals surface area contributed by atoms with Crippen LogP contribution in [0.1, 0.15) is 38.1 Å². The number of hydrogen-bond acceptors (Lipinski definition) is 6. The fraction of sp³-hybridized carbons (Fsp3) is 0.278. The third-order valence-electron chi connectivity index (χ3n) is 3.78. The number of nitrogens with one attached hydrogen (secondary N) is 1. The molecule has 0 unspecified atom stereocenters. The maximum Gasteiger partial charge on any atom is 0.251 e. The summed E-state index contributed by atoms with van der Waals surface area (Å²) in [5, 5.41) is 9.97. The Balaban J connectivity index is 1.55. The summed E-state index contributed by atoms with van der Waals surface area (Å²) >= 11 is 3.38. The van der Waals surface area contributed by atoms with Gasteiger partial charge in [-0.2, -0.15) is 0 Å². The van der Waals surface area contributed by atoms with Gasteiger partial charge in [0.25, 0.3) is 5.91 Å². The average molecular weight is 374 g/mol. The van der Waals surface area contributed by atoms with E-state index in [4.69, 9.17) is 4.52 Å². The van der Waals surface area contributed by atoms with Crippen molar-refractivity contribution in [1.82, 2.24) is 15.5 Å². The zero-order valence-corrected chi connectivity index (χ0v) is 16.0. The SMILES string of the molecule is Cc1nc(CSc2ccc(C(=O)NCc3c(C)noc3C)cc2)cs1. The molecule has 0 spiro atoms. The predicted molar refractivity (Wildman–Crippen MR) is 100 cm³/mol. The van der Waals surface area contributed by atoms with Crippen molar-refractivity contribution in [3.05, 3.63) is 62.9 Å². The molecular weight excluding hydrogens is 354 g/mol. The second kappa shape index (κ2) is 7.84. The van der Waals surface area contributed by atoms with E-state index in [1.165, 1.54) is 0 Å². The van der Waals surface area contributed by atoms with Crippen LogP contribution in [0.4, 0.5) is 0 Å². The largest absolute Gasteiger partial charge is 0.361 e. The normalized spacial score (nSPS) is 10.8. The maximum absolute atomic E-state index is 12.3. The van der Waals surface area contributed by atoms with Crippen LogP contribution in [0.5, 0.6) is 0 Å². The monoisotopic (exact) mass is 373 g/mol. The first kappa shape index (κ1) is 17.7. The van der Waals surface area contributed by atoms with Crippen molar-refractivity contribution in [3.63, 3.8) is 0 Å². The number of benzene rings is 1. The van der Waals surface area contributed by atoms with E-state index in [2.05, 4.69) is 20.8 Å². The van der Waals surface area contributed by atoms with Gasteiger partial charge in [0.1, 0.15) is 5.76 Å². The van der Waals surface area contributed by atoms with Gasteiger partial charge in [-0.15, -0.1) is 23.1 Å². The van der Waals surface area contributed by atoms with Crippen LogP contribution < -0.4 is 5.32 Å². The molecule has 130 valence electrons. The van der Waals surface area contributed by atoms with Gasteiger partial charge in [-0.3, -0.25) is 4.79 Å². The Hall–Kier alpha value is -2.12. The van der Waals surface area contributed by atoms with E-state index >= 15 is 0 Å². The van der Waals surface area contributed by atoms with Gasteiger partial charge >= 0.3 is 0 Å². The first-order chi connectivity index (χ1) is 12.0. The highest BCUT2D eigenvalue weighted by molar-refractivity contribution is 7.98. The second-order valence-electron chi connectivity index (χ2n) is 5.66. The Kier molecular flexibility index (Phi) is 5.55. The molecular formula is C18H19N3O2S2. The van der Waals surface area contributed by atoms with Crippen LogP contribution in [-0.2, 0) is 12.3 Å². The predicted octanol–water partition coefficient (Wildman–Crippen LogP) is 4.28. The van der Waals surface area contributed by atoms with E-state index in [0.29, 0.717) is 12.1 Å². The van der Waals surface area contributed by atoms with Gasteiger partial charge in [-0.25, -0.2) is 4.98 Å². The van der Waals surface area contributed by atoms with Gasteiger partial charge in [0.2, 0.25) is 0 Å². The first-order valence-corrected chi connectivity index (χ1v) is 9.73. The zero-order chi connectivity index (χ0) is 17.8. The average Bonchev–Trinajstić information content (AvgIpc) is 3.17. The molecule has 0 radical (unpaired) electrons. The summed E-state index contributed by atoms with van der Waals surface area (Å²) < 4.78 is 5.11. The van der Waals surface area contributed by atoms with Crippen molar-refractivity contribution >= 4 is 29.0 Å². The molecule has 0 saturated carbocycles. The van der Waals surface area contributed by atoms with Crippen molar-refractivity contribution in [3.8, 4) is 0 Å². The Morgan fingerprint density at radius 2 is 2.00 bits per heavy atom. The van der Waals surface area contributed by atoms with Gasteiger partial charge in [0.15, 0.2) is 0 Å². The quantitative estimate of drug-likeness (QED) is 0.653. The molecule has 0 aliphatic heterocycles. The van der Waals surface area contributed by atoms with Crippen molar-refractivity contribution in [2.75, 3.05) is 0 Å². The van der Waals surface area contributed by atoms with Crippen LogP contribution >= 0.6 is 23.1 Å². The lowest BCUT2D eigenvalue weighted by Gasteiger charge is -2.06. The number of thioether (sulfide) groups is 1. The van der Waals surface area contributed by atoms with Gasteiger partial charge in [-0.1, -0.05) is 5.16 Å². The molecule has 0 atom stereocenters. The summed E-state index contributed by atoms with van der Waals surface area (Å²) in [7, 11) is 0. The van der Waals surface area contributed by atoms with Gasteiger partial charge in [-0.05, 0) is 45.0 Å². The Bertz CT molecular complexity index is 849. The number of aryl methyl sites for hydroxylation is 3. The van der Waals surface area contributed by atoms with E-state index in [1.54, 1.807) is 23.1 Å². The highest BCUT2D eigenvalue weighted by Crippen LogP contribution is 2.24. The number of nitrogens with zero attached hydrogens (tertiary/aromatic N) is 2. The fourth-order valence-electron chi connectivity index (χ4n) is 2.36. The maximum atomic E-state index is 12.3. The Morgan fingerprint density at radius 3 is 2.60 bits per heavy atom. The van der Waals surface area contributed by atoms with Gasteiger partial charge < -0.3 is 9.84 Å². The number of amides is 1. The van der Waals surface area contributed by atoms with Crippen LogP contribution in [0.15, 0.2) is 39.1 Å². The molecule has 1 N–H and O–H groups in total. The van der Waals surface area contributed by atoms with Crippen molar-refractivity contribution < 1.29 is 9.32 Å². The van der Waals surface area contributed by atoms with Crippen molar-refractivity contribution in [2.24, 2.45) is 0 Å². The lowest BCUT2D eigenvalue weighted by molar-refractivity contribution is 0.0950. The first-order valence-electron chi connectivity index (χ1n) is 7.86. The minimum absolute atomic E-state index is 0.105. The van der Waals surface area contributed by atoms with Crippen LogP contribution in [0.25, 0.3) is 0 Å². The number of thiazole rings is 1. The van der Waals surface area contributed by atoms with Gasteiger partial charge in [0.05, 0.1) is 16.4 Å². The lowest BCUT2D eigenvalue weighted by atomic mass is 10.2. The molecule has 5 nitrogen and oxygen atoms in total. The molecule has 2 aromatic heterocycles. The van der Waals surface area contributed by atoms with Crippen LogP contribution in [0, 0.1) is 20.8 Å². The Morgan fingerprint density at radius 1 is 1.24 bits per heavy atom. The third-order valence-corrected chi connectivity index (χ3v) is 5.64. The fourth-order valence-corrected chi connectivity index (χ4v) is 3.87. The van der Waals surface area contributed by atoms with Crippen molar-refractivity contribution in [2.45, 2.75) is 38.0 Å². The summed E-state index contributed by atoms with van der Waals surface area (Å²) in [6.45, 7) is 6.14. The molecule has 0 bridgehead atoms. The smallest absolute Gasteiger partial charge is 0.251 e. The summed E-state index contributed by atoms with van der Waals surface area (Å²) in [6, 6.07) is 7.62. The molecule has 1 aromatic carbocycles. The molecule has 0 saturated heterocycles. The minimum Gasteiger partial charge on any atom is -0.361 e. The van der Waals surface area contributed by atoms with Crippen LogP contribution in [0.2, 0.25) is 0 Å². The second-order valence-corrected chi connectivity index (χ2v) is 7.77. The standard InChI is InChI=1S/C18H19N3O2S2/c1-11-17(12(2)23-21-11)8-19-18(22)14-4-6-16(7-5-14)25-10-15-9-24-13(3)20-15/h4-7,9H,8,10H2,1-3H3,(H,19,22). The topological polar surface area (TPSA) is 68.0 Å². The zero-order valence-electron chi connectivity index (χ0n) is 14.3. The van der Waals surface area contributed by atoms with E-state index in [1.807, 2.05) is 45.0 Å².